The first-order valence-corrected chi connectivity index (χ1v) is 10.5. The molecule has 2 aromatic carbocycles. The summed E-state index contributed by atoms with van der Waals surface area (Å²) in [6.45, 7) is 1.57. The van der Waals surface area contributed by atoms with E-state index in [1.54, 1.807) is 32.4 Å². The zero-order valence-electron chi connectivity index (χ0n) is 17.5. The predicted molar refractivity (Wildman–Crippen MR) is 121 cm³/mol. The molecular weight excluding hydrogens is 416 g/mol. The number of methoxy groups -OCH3 is 2. The Bertz CT molecular complexity index is 1050. The smallest absolute Gasteiger partial charge is 0.255 e. The van der Waals surface area contributed by atoms with Crippen molar-refractivity contribution in [1.29, 1.82) is 0 Å². The summed E-state index contributed by atoms with van der Waals surface area (Å²) < 4.78 is 10.5. The lowest BCUT2D eigenvalue weighted by Gasteiger charge is -2.33. The van der Waals surface area contributed by atoms with Crippen LogP contribution in [0.25, 0.3) is 11.3 Å². The molecule has 8 heteroatoms. The van der Waals surface area contributed by atoms with Gasteiger partial charge in [0.2, 0.25) is 0 Å². The van der Waals surface area contributed by atoms with E-state index in [2.05, 4.69) is 20.4 Å². The standard InChI is InChI=1S/C23H25ClN4O3/c1-30-18-8-5-15(6-9-18)20-13-22(27-26-20)28-11-3-4-17(14-28)25-23(29)19-12-16(24)7-10-21(19)31-2/h5-10,12-13,17H,3-4,11,14H2,1-2H3,(H,25,29)(H,26,27). The quantitative estimate of drug-likeness (QED) is 0.602. The van der Waals surface area contributed by atoms with Crippen molar-refractivity contribution in [2.45, 2.75) is 18.9 Å². The van der Waals surface area contributed by atoms with Gasteiger partial charge in [-0.3, -0.25) is 9.89 Å². The van der Waals surface area contributed by atoms with E-state index in [-0.39, 0.29) is 11.9 Å². The lowest BCUT2D eigenvalue weighted by Crippen LogP contribution is -2.48. The van der Waals surface area contributed by atoms with Gasteiger partial charge in [0.05, 0.1) is 25.5 Å². The van der Waals surface area contributed by atoms with Crippen molar-refractivity contribution in [3.63, 3.8) is 0 Å². The Morgan fingerprint density at radius 3 is 2.71 bits per heavy atom. The van der Waals surface area contributed by atoms with Crippen molar-refractivity contribution in [3.05, 3.63) is 59.1 Å². The van der Waals surface area contributed by atoms with Gasteiger partial charge in [0, 0.05) is 30.2 Å². The van der Waals surface area contributed by atoms with Crippen molar-refractivity contribution in [2.24, 2.45) is 0 Å². The van der Waals surface area contributed by atoms with Gasteiger partial charge in [0.25, 0.3) is 5.91 Å². The number of anilines is 1. The highest BCUT2D eigenvalue weighted by Crippen LogP contribution is 2.26. The fraction of sp³-hybridized carbons (Fsp3) is 0.304. The largest absolute Gasteiger partial charge is 0.497 e. The van der Waals surface area contributed by atoms with E-state index < -0.39 is 0 Å². The number of carbonyl (C=O) groups excluding carboxylic acids is 1. The number of hydrogen-bond acceptors (Lipinski definition) is 5. The summed E-state index contributed by atoms with van der Waals surface area (Å²) in [5.74, 6) is 2.00. The van der Waals surface area contributed by atoms with Crippen LogP contribution in [0.3, 0.4) is 0 Å². The van der Waals surface area contributed by atoms with Gasteiger partial charge >= 0.3 is 0 Å². The number of piperidine rings is 1. The number of halogens is 1. The highest BCUT2D eigenvalue weighted by Gasteiger charge is 2.25. The van der Waals surface area contributed by atoms with E-state index in [1.807, 2.05) is 30.3 Å². The highest BCUT2D eigenvalue weighted by molar-refractivity contribution is 6.31. The molecule has 2 N–H and O–H groups in total. The van der Waals surface area contributed by atoms with Crippen LogP contribution >= 0.6 is 11.6 Å². The maximum absolute atomic E-state index is 12.8. The molecule has 1 unspecified atom stereocenters. The average Bonchev–Trinajstić information content (AvgIpc) is 3.29. The minimum absolute atomic E-state index is 0.00562. The number of amides is 1. The third-order valence-corrected chi connectivity index (χ3v) is 5.69. The van der Waals surface area contributed by atoms with Crippen LogP contribution in [-0.2, 0) is 0 Å². The molecule has 1 saturated heterocycles. The molecule has 3 aromatic rings. The Kier molecular flexibility index (Phi) is 6.32. The summed E-state index contributed by atoms with van der Waals surface area (Å²) in [5.41, 5.74) is 2.41. The average molecular weight is 441 g/mol. The molecule has 1 fully saturated rings. The molecule has 4 rings (SSSR count). The van der Waals surface area contributed by atoms with Crippen LogP contribution in [0, 0.1) is 0 Å². The lowest BCUT2D eigenvalue weighted by atomic mass is 10.0. The molecule has 0 saturated carbocycles. The Hall–Kier alpha value is -3.19. The molecule has 0 spiro atoms. The van der Waals surface area contributed by atoms with Crippen molar-refractivity contribution >= 4 is 23.3 Å². The zero-order valence-corrected chi connectivity index (χ0v) is 18.3. The summed E-state index contributed by atoms with van der Waals surface area (Å²) in [7, 11) is 3.19. The van der Waals surface area contributed by atoms with Gasteiger partial charge in [-0.25, -0.2) is 0 Å². The van der Waals surface area contributed by atoms with Crippen molar-refractivity contribution < 1.29 is 14.3 Å². The molecule has 2 heterocycles. The monoisotopic (exact) mass is 440 g/mol. The first-order chi connectivity index (χ1) is 15.1. The molecule has 1 amide bonds. The summed E-state index contributed by atoms with van der Waals surface area (Å²) >= 11 is 6.07. The van der Waals surface area contributed by atoms with Crippen molar-refractivity contribution in [1.82, 2.24) is 15.5 Å². The number of nitrogens with zero attached hydrogens (tertiary/aromatic N) is 2. The second-order valence-electron chi connectivity index (χ2n) is 7.47. The topological polar surface area (TPSA) is 79.5 Å². The maximum atomic E-state index is 12.8. The number of ether oxygens (including phenoxy) is 2. The second-order valence-corrected chi connectivity index (χ2v) is 7.91. The van der Waals surface area contributed by atoms with Crippen LogP contribution < -0.4 is 19.7 Å². The molecule has 1 aliphatic rings. The summed E-state index contributed by atoms with van der Waals surface area (Å²) in [6, 6.07) is 14.9. The number of rotatable bonds is 6. The normalized spacial score (nSPS) is 16.1. The second kappa shape index (κ2) is 9.31. The number of aromatic nitrogens is 2. The molecule has 162 valence electrons. The van der Waals surface area contributed by atoms with E-state index in [4.69, 9.17) is 21.1 Å². The zero-order chi connectivity index (χ0) is 21.8. The summed E-state index contributed by atoms with van der Waals surface area (Å²) in [6.07, 6.45) is 1.86. The van der Waals surface area contributed by atoms with Crippen molar-refractivity contribution in [2.75, 3.05) is 32.2 Å². The van der Waals surface area contributed by atoms with E-state index in [9.17, 15) is 4.79 Å². The van der Waals surface area contributed by atoms with Gasteiger partial charge in [-0.15, -0.1) is 0 Å². The minimum Gasteiger partial charge on any atom is -0.497 e. The first-order valence-electron chi connectivity index (χ1n) is 10.2. The van der Waals surface area contributed by atoms with Crippen LogP contribution in [0.2, 0.25) is 5.02 Å². The number of aromatic amines is 1. The number of benzene rings is 2. The highest BCUT2D eigenvalue weighted by atomic mass is 35.5. The van der Waals surface area contributed by atoms with Crippen LogP contribution in [0.15, 0.2) is 48.5 Å². The van der Waals surface area contributed by atoms with Gasteiger partial charge in [-0.1, -0.05) is 11.6 Å². The van der Waals surface area contributed by atoms with Crippen LogP contribution in [0.1, 0.15) is 23.2 Å². The van der Waals surface area contributed by atoms with Crippen LogP contribution in [-0.4, -0.2) is 49.5 Å². The lowest BCUT2D eigenvalue weighted by molar-refractivity contribution is 0.0930. The molecule has 1 atom stereocenters. The van der Waals surface area contributed by atoms with E-state index in [0.29, 0.717) is 22.9 Å². The maximum Gasteiger partial charge on any atom is 0.255 e. The minimum atomic E-state index is -0.188. The number of hydrogen-bond donors (Lipinski definition) is 2. The number of H-pyrrole nitrogens is 1. The third-order valence-electron chi connectivity index (χ3n) is 5.45. The molecule has 1 aliphatic heterocycles. The molecule has 1 aromatic heterocycles. The van der Waals surface area contributed by atoms with Gasteiger partial charge in [0.15, 0.2) is 5.82 Å². The summed E-state index contributed by atoms with van der Waals surface area (Å²) in [5, 5.41) is 11.2. The van der Waals surface area contributed by atoms with Crippen molar-refractivity contribution in [3.8, 4) is 22.8 Å². The van der Waals surface area contributed by atoms with Gasteiger partial charge < -0.3 is 19.7 Å². The molecule has 0 radical (unpaired) electrons. The Labute approximate surface area is 186 Å². The van der Waals surface area contributed by atoms with Gasteiger partial charge in [-0.2, -0.15) is 5.10 Å². The van der Waals surface area contributed by atoms with Crippen LogP contribution in [0.4, 0.5) is 5.82 Å². The van der Waals surface area contributed by atoms with Gasteiger partial charge in [-0.05, 0) is 60.9 Å². The van der Waals surface area contributed by atoms with E-state index >= 15 is 0 Å². The summed E-state index contributed by atoms with van der Waals surface area (Å²) in [4.78, 5) is 15.0. The van der Waals surface area contributed by atoms with E-state index in [1.165, 1.54) is 0 Å². The number of nitrogens with one attached hydrogen (secondary N) is 2. The Morgan fingerprint density at radius 1 is 1.16 bits per heavy atom. The van der Waals surface area contributed by atoms with Crippen LogP contribution in [0.5, 0.6) is 11.5 Å². The Morgan fingerprint density at radius 2 is 1.97 bits per heavy atom. The van der Waals surface area contributed by atoms with Gasteiger partial charge in [0.1, 0.15) is 11.5 Å². The molecule has 7 nitrogen and oxygen atoms in total. The van der Waals surface area contributed by atoms with E-state index in [0.717, 1.165) is 42.2 Å². The first kappa shape index (κ1) is 21.1. The SMILES string of the molecule is COc1ccc(-c2cc(N3CCCC(NC(=O)c4cc(Cl)ccc4OC)C3)n[nH]2)cc1. The molecule has 0 bridgehead atoms. The fourth-order valence-corrected chi connectivity index (χ4v) is 3.99. The molecule has 0 aliphatic carbocycles. The molecule has 31 heavy (non-hydrogen) atoms. The number of carbonyl (C=O) groups is 1. The third kappa shape index (κ3) is 4.77. The predicted octanol–water partition coefficient (Wildman–Crippen LogP) is 4.15. The fourth-order valence-electron chi connectivity index (χ4n) is 3.82. The molecular formula is C23H25ClN4O3. The Balaban J connectivity index is 1.44.